The van der Waals surface area contributed by atoms with Gasteiger partial charge in [-0.3, -0.25) is 24.1 Å². The number of benzene rings is 1. The number of aliphatic carboxylic acids is 1. The van der Waals surface area contributed by atoms with Crippen LogP contribution in [-0.2, 0) is 60.7 Å². The van der Waals surface area contributed by atoms with Crippen molar-refractivity contribution in [3.63, 3.8) is 0 Å². The third-order valence-corrected chi connectivity index (χ3v) is 7.92. The van der Waals surface area contributed by atoms with Gasteiger partial charge in [0.2, 0.25) is 6.29 Å². The van der Waals surface area contributed by atoms with Gasteiger partial charge >= 0.3 is 11.9 Å². The average molecular weight is 724 g/mol. The molecular formula is C35H49NO15. The van der Waals surface area contributed by atoms with E-state index in [-0.39, 0.29) is 31.1 Å². The number of ketones is 1. The quantitative estimate of drug-likeness (QED) is 0.0734. The molecule has 0 aromatic heterocycles. The van der Waals surface area contributed by atoms with E-state index in [9.17, 15) is 44.4 Å². The fourth-order valence-corrected chi connectivity index (χ4v) is 4.92. The third-order valence-electron chi connectivity index (χ3n) is 7.92. The van der Waals surface area contributed by atoms with Crippen LogP contribution in [0.15, 0.2) is 30.4 Å². The van der Waals surface area contributed by atoms with Gasteiger partial charge < -0.3 is 48.8 Å². The maximum atomic E-state index is 12.4. The molecule has 2 amide bonds. The van der Waals surface area contributed by atoms with Gasteiger partial charge in [0.05, 0.1) is 31.8 Å². The summed E-state index contributed by atoms with van der Waals surface area (Å²) in [6, 6.07) is 5.11. The Morgan fingerprint density at radius 2 is 1.43 bits per heavy atom. The van der Waals surface area contributed by atoms with Gasteiger partial charge in [0.1, 0.15) is 36.5 Å². The molecule has 0 spiro atoms. The molecule has 1 aromatic rings. The Morgan fingerprint density at radius 1 is 0.824 bits per heavy atom. The minimum atomic E-state index is -1.87. The summed E-state index contributed by atoms with van der Waals surface area (Å²) in [5, 5.41) is 40.0. The summed E-state index contributed by atoms with van der Waals surface area (Å²) < 4.78 is 33.1. The summed E-state index contributed by atoms with van der Waals surface area (Å²) in [4.78, 5) is 60.0. The second kappa shape index (κ2) is 20.3. The van der Waals surface area contributed by atoms with Crippen molar-refractivity contribution >= 4 is 29.5 Å². The number of hydrogen-bond acceptors (Lipinski definition) is 14. The Kier molecular flexibility index (Phi) is 16.6. The molecule has 51 heavy (non-hydrogen) atoms. The van der Waals surface area contributed by atoms with Crippen LogP contribution in [0.5, 0.6) is 5.75 Å². The monoisotopic (exact) mass is 723 g/mol. The molecule has 0 radical (unpaired) electrons. The summed E-state index contributed by atoms with van der Waals surface area (Å²) in [6.45, 7) is 7.22. The number of ether oxygens (including phenoxy) is 6. The van der Waals surface area contributed by atoms with Crippen LogP contribution in [0, 0.1) is 5.41 Å². The van der Waals surface area contributed by atoms with E-state index in [1.165, 1.54) is 12.2 Å². The first-order chi connectivity index (χ1) is 24.2. The van der Waals surface area contributed by atoms with E-state index >= 15 is 0 Å². The molecule has 2 aliphatic rings. The number of aliphatic hydroxyl groups is 3. The summed E-state index contributed by atoms with van der Waals surface area (Å²) in [5.74, 6) is -2.71. The standard InChI is InChI=1S/C35H49NO15/c1-35(2,3)34(45)49-21-23-9-8-22(20-25(23)50-33-30(42)28(40)29(41)31(51-33)32(43)44)6-4-14-46-16-18-48-19-17-47-15-5-7-24(37)12-13-36-26(38)10-11-27(36)39/h8-11,20,28-31,33,40-42H,4-7,12-19,21H2,1-3H3,(H,43,44)/t28-,29-,30+,31-,33+/m0/s1. The molecule has 2 aliphatic heterocycles. The number of aryl methyl sites for hydroxylation is 1. The van der Waals surface area contributed by atoms with Gasteiger partial charge in [-0.2, -0.15) is 0 Å². The first-order valence-corrected chi connectivity index (χ1v) is 16.9. The number of hydrogen-bond donors (Lipinski definition) is 4. The summed E-state index contributed by atoms with van der Waals surface area (Å²) in [7, 11) is 0. The van der Waals surface area contributed by atoms with E-state index in [2.05, 4.69) is 0 Å². The summed E-state index contributed by atoms with van der Waals surface area (Å²) >= 11 is 0. The molecule has 16 nitrogen and oxygen atoms in total. The van der Waals surface area contributed by atoms with Crippen molar-refractivity contribution in [2.45, 2.75) is 90.2 Å². The molecule has 1 saturated heterocycles. The van der Waals surface area contributed by atoms with Crippen LogP contribution >= 0.6 is 0 Å². The normalized spacial score (nSPS) is 22.0. The first kappa shape index (κ1) is 41.6. The van der Waals surface area contributed by atoms with Crippen molar-refractivity contribution in [1.82, 2.24) is 4.90 Å². The first-order valence-electron chi connectivity index (χ1n) is 16.9. The van der Waals surface area contributed by atoms with Crippen LogP contribution < -0.4 is 4.74 Å². The van der Waals surface area contributed by atoms with Gasteiger partial charge in [-0.1, -0.05) is 12.1 Å². The van der Waals surface area contributed by atoms with Gasteiger partial charge in [0.15, 0.2) is 6.10 Å². The lowest BCUT2D eigenvalue weighted by atomic mass is 9.97. The van der Waals surface area contributed by atoms with Crippen molar-refractivity contribution in [1.29, 1.82) is 0 Å². The number of rotatable bonds is 22. The molecule has 5 atom stereocenters. The number of aliphatic hydroxyl groups excluding tert-OH is 3. The Balaban J connectivity index is 1.34. The fraction of sp³-hybridized carbons (Fsp3) is 0.629. The molecule has 4 N–H and O–H groups in total. The zero-order valence-corrected chi connectivity index (χ0v) is 29.2. The van der Waals surface area contributed by atoms with Crippen molar-refractivity contribution in [2.24, 2.45) is 5.41 Å². The molecule has 2 heterocycles. The van der Waals surface area contributed by atoms with E-state index in [0.29, 0.717) is 70.9 Å². The summed E-state index contributed by atoms with van der Waals surface area (Å²) in [5.41, 5.74) is 0.445. The minimum Gasteiger partial charge on any atom is -0.479 e. The Morgan fingerprint density at radius 3 is 2.04 bits per heavy atom. The lowest BCUT2D eigenvalue weighted by Crippen LogP contribution is -2.61. The van der Waals surface area contributed by atoms with E-state index in [4.69, 9.17) is 28.4 Å². The molecule has 0 aliphatic carbocycles. The van der Waals surface area contributed by atoms with E-state index < -0.39 is 59.9 Å². The number of carbonyl (C=O) groups is 5. The van der Waals surface area contributed by atoms with Crippen LogP contribution in [0.4, 0.5) is 0 Å². The summed E-state index contributed by atoms with van der Waals surface area (Å²) in [6.07, 6.45) is -4.46. The third kappa shape index (κ3) is 13.4. The van der Waals surface area contributed by atoms with E-state index in [1.54, 1.807) is 39.0 Å². The second-order valence-corrected chi connectivity index (χ2v) is 13.1. The van der Waals surface area contributed by atoms with Crippen LogP contribution in [-0.4, -0.2) is 132 Å². The van der Waals surface area contributed by atoms with Crippen LogP contribution in [0.25, 0.3) is 0 Å². The molecule has 3 rings (SSSR count). The van der Waals surface area contributed by atoms with Gasteiger partial charge in [0, 0.05) is 50.3 Å². The zero-order valence-electron chi connectivity index (χ0n) is 29.2. The number of carboxylic acid groups (broad SMARTS) is 1. The molecule has 1 fully saturated rings. The Labute approximate surface area is 296 Å². The predicted molar refractivity (Wildman–Crippen MR) is 176 cm³/mol. The molecular weight excluding hydrogens is 674 g/mol. The topological polar surface area (TPSA) is 225 Å². The number of imide groups is 1. The highest BCUT2D eigenvalue weighted by molar-refractivity contribution is 6.13. The lowest BCUT2D eigenvalue weighted by molar-refractivity contribution is -0.271. The molecule has 0 saturated carbocycles. The van der Waals surface area contributed by atoms with Crippen LogP contribution in [0.3, 0.4) is 0 Å². The highest BCUT2D eigenvalue weighted by Crippen LogP contribution is 2.29. The Bertz CT molecular complexity index is 1360. The fourth-order valence-electron chi connectivity index (χ4n) is 4.92. The minimum absolute atomic E-state index is 0.0454. The number of esters is 1. The smallest absolute Gasteiger partial charge is 0.335 e. The number of carbonyl (C=O) groups excluding carboxylic acids is 4. The van der Waals surface area contributed by atoms with Crippen molar-refractivity contribution < 1.29 is 72.8 Å². The van der Waals surface area contributed by atoms with Gasteiger partial charge in [0.25, 0.3) is 11.8 Å². The maximum absolute atomic E-state index is 12.4. The number of carboxylic acids is 1. The highest BCUT2D eigenvalue weighted by Gasteiger charge is 2.48. The molecule has 1 aromatic carbocycles. The van der Waals surface area contributed by atoms with Gasteiger partial charge in [-0.05, 0) is 51.7 Å². The average Bonchev–Trinajstić information content (AvgIpc) is 3.40. The zero-order chi connectivity index (χ0) is 37.6. The number of Topliss-reactive ketones (excluding diaryl/α,β-unsaturated/α-hetero) is 1. The van der Waals surface area contributed by atoms with Gasteiger partial charge in [-0.15, -0.1) is 0 Å². The number of nitrogens with zero attached hydrogens (tertiary/aromatic N) is 1. The van der Waals surface area contributed by atoms with Crippen molar-refractivity contribution in [3.8, 4) is 5.75 Å². The van der Waals surface area contributed by atoms with Crippen molar-refractivity contribution in [2.75, 3.05) is 46.2 Å². The number of amides is 2. The second-order valence-electron chi connectivity index (χ2n) is 13.1. The Hall–Kier alpha value is -3.77. The largest absolute Gasteiger partial charge is 0.479 e. The van der Waals surface area contributed by atoms with Crippen LogP contribution in [0.2, 0.25) is 0 Å². The van der Waals surface area contributed by atoms with Crippen molar-refractivity contribution in [3.05, 3.63) is 41.5 Å². The lowest BCUT2D eigenvalue weighted by Gasteiger charge is -2.38. The molecule has 0 unspecified atom stereocenters. The highest BCUT2D eigenvalue weighted by atomic mass is 16.7. The molecule has 16 heteroatoms. The van der Waals surface area contributed by atoms with Gasteiger partial charge in [-0.25, -0.2) is 4.79 Å². The SMILES string of the molecule is CC(C)(C)C(=O)OCc1ccc(CCCOCCOCCOCCCC(=O)CCN2C(=O)C=CC2=O)cc1O[C@@H]1O[C@H](C(=O)O)[C@@H](O)[C@H](O)[C@H]1O. The van der Waals surface area contributed by atoms with E-state index in [1.807, 2.05) is 0 Å². The molecule has 284 valence electrons. The van der Waals surface area contributed by atoms with Crippen LogP contribution in [0.1, 0.15) is 57.6 Å². The maximum Gasteiger partial charge on any atom is 0.335 e. The predicted octanol–water partition coefficient (Wildman–Crippen LogP) is 0.694. The molecule has 0 bridgehead atoms. The van der Waals surface area contributed by atoms with E-state index in [0.717, 1.165) is 10.5 Å².